The lowest BCUT2D eigenvalue weighted by atomic mass is 9.72. The zero-order valence-electron chi connectivity index (χ0n) is 13.5. The smallest absolute Gasteiger partial charge is 0.105 e. The van der Waals surface area contributed by atoms with Gasteiger partial charge in [-0.1, -0.05) is 42.5 Å². The fraction of sp³-hybridized carbons (Fsp3) is 0.350. The molecule has 0 bridgehead atoms. The molecule has 1 aromatic heterocycles. The third kappa shape index (κ3) is 1.78. The Labute approximate surface area is 141 Å². The van der Waals surface area contributed by atoms with Crippen molar-refractivity contribution in [3.8, 4) is 0 Å². The van der Waals surface area contributed by atoms with Crippen molar-refractivity contribution >= 4 is 10.9 Å². The minimum Gasteiger partial charge on any atom is -0.390 e. The topological polar surface area (TPSA) is 50.1 Å². The number of piperidine rings is 1. The highest BCUT2D eigenvalue weighted by molar-refractivity contribution is 5.78. The fourth-order valence-electron chi connectivity index (χ4n) is 4.76. The quantitative estimate of drug-likeness (QED) is 0.725. The summed E-state index contributed by atoms with van der Waals surface area (Å²) in [5.41, 5.74) is 3.46. The first-order chi connectivity index (χ1) is 11.8. The number of hydrogen-bond donors (Lipinski definition) is 2. The Balaban J connectivity index is 1.72. The molecule has 0 radical (unpaired) electrons. The van der Waals surface area contributed by atoms with Crippen molar-refractivity contribution in [3.05, 3.63) is 65.9 Å². The van der Waals surface area contributed by atoms with Gasteiger partial charge in [0.2, 0.25) is 0 Å². The van der Waals surface area contributed by atoms with Gasteiger partial charge in [-0.3, -0.25) is 4.68 Å². The lowest BCUT2D eigenvalue weighted by molar-refractivity contribution is 0.0438. The molecule has 2 heterocycles. The molecule has 0 amide bonds. The summed E-state index contributed by atoms with van der Waals surface area (Å²) in [4.78, 5) is 0. The predicted octanol–water partition coefficient (Wildman–Crippen LogP) is 2.62. The van der Waals surface area contributed by atoms with E-state index in [1.54, 1.807) is 0 Å². The summed E-state index contributed by atoms with van der Waals surface area (Å²) < 4.78 is 2.02. The van der Waals surface area contributed by atoms with Gasteiger partial charge < -0.3 is 10.4 Å². The van der Waals surface area contributed by atoms with Crippen LogP contribution in [0.3, 0.4) is 0 Å². The average Bonchev–Trinajstić information content (AvgIpc) is 3.15. The van der Waals surface area contributed by atoms with Crippen LogP contribution in [0, 0.1) is 0 Å². The number of fused-ring (bicyclic) bond motifs is 3. The normalized spacial score (nSPS) is 25.2. The van der Waals surface area contributed by atoms with Crippen LogP contribution in [0.2, 0.25) is 0 Å². The van der Waals surface area contributed by atoms with E-state index in [0.717, 1.165) is 36.8 Å². The van der Waals surface area contributed by atoms with Gasteiger partial charge in [-0.2, -0.15) is 5.10 Å². The second kappa shape index (κ2) is 5.16. The number of aliphatic hydroxyl groups is 1. The summed E-state index contributed by atoms with van der Waals surface area (Å²) >= 11 is 0. The van der Waals surface area contributed by atoms with Gasteiger partial charge in [0.15, 0.2) is 0 Å². The zero-order chi connectivity index (χ0) is 16.1. The fourth-order valence-corrected chi connectivity index (χ4v) is 4.76. The molecule has 1 fully saturated rings. The zero-order valence-corrected chi connectivity index (χ0v) is 13.5. The molecule has 2 aromatic carbocycles. The van der Waals surface area contributed by atoms with Crippen LogP contribution in [0.25, 0.3) is 10.9 Å². The van der Waals surface area contributed by atoms with Crippen molar-refractivity contribution < 1.29 is 5.11 Å². The van der Waals surface area contributed by atoms with Crippen molar-refractivity contribution in [1.82, 2.24) is 15.1 Å². The molecule has 4 heteroatoms. The predicted molar refractivity (Wildman–Crippen MR) is 94.1 cm³/mol. The standard InChI is InChI=1S/C20H21N3O/c24-19-18(23-17-8-4-1-5-14(17)13-22-23)15-6-2-3-7-16(15)20(19)9-11-21-12-10-20/h1-8,13,18-19,21,24H,9-12H2/t18-,19+/m1/s1. The minimum atomic E-state index is -0.444. The first kappa shape index (κ1) is 14.2. The van der Waals surface area contributed by atoms with E-state index in [2.05, 4.69) is 46.8 Å². The number of hydrogen-bond acceptors (Lipinski definition) is 3. The van der Waals surface area contributed by atoms with E-state index < -0.39 is 6.10 Å². The number of nitrogens with one attached hydrogen (secondary N) is 1. The molecule has 5 rings (SSSR count). The molecular formula is C20H21N3O. The molecule has 1 saturated heterocycles. The van der Waals surface area contributed by atoms with E-state index >= 15 is 0 Å². The number of para-hydroxylation sites is 1. The molecule has 122 valence electrons. The summed E-state index contributed by atoms with van der Waals surface area (Å²) in [6.45, 7) is 1.91. The number of aromatic nitrogens is 2. The van der Waals surface area contributed by atoms with Crippen LogP contribution in [-0.4, -0.2) is 34.1 Å². The Morgan fingerprint density at radius 2 is 1.79 bits per heavy atom. The highest BCUT2D eigenvalue weighted by Crippen LogP contribution is 2.51. The van der Waals surface area contributed by atoms with E-state index in [1.165, 1.54) is 11.1 Å². The van der Waals surface area contributed by atoms with Gasteiger partial charge in [0.05, 0.1) is 17.8 Å². The molecule has 1 aliphatic heterocycles. The van der Waals surface area contributed by atoms with Crippen molar-refractivity contribution in [2.45, 2.75) is 30.4 Å². The summed E-state index contributed by atoms with van der Waals surface area (Å²) in [5, 5.41) is 20.6. The molecule has 1 aliphatic carbocycles. The molecular weight excluding hydrogens is 298 g/mol. The molecule has 24 heavy (non-hydrogen) atoms. The highest BCUT2D eigenvalue weighted by Gasteiger charge is 2.52. The van der Waals surface area contributed by atoms with Crippen LogP contribution in [0.15, 0.2) is 54.7 Å². The van der Waals surface area contributed by atoms with Crippen LogP contribution in [0.4, 0.5) is 0 Å². The first-order valence-electron chi connectivity index (χ1n) is 8.72. The van der Waals surface area contributed by atoms with E-state index in [9.17, 15) is 5.11 Å². The van der Waals surface area contributed by atoms with Gasteiger partial charge in [0.1, 0.15) is 6.04 Å². The van der Waals surface area contributed by atoms with Gasteiger partial charge >= 0.3 is 0 Å². The largest absolute Gasteiger partial charge is 0.390 e. The van der Waals surface area contributed by atoms with Gasteiger partial charge in [-0.15, -0.1) is 0 Å². The number of nitrogens with zero attached hydrogens (tertiary/aromatic N) is 2. The second-order valence-corrected chi connectivity index (χ2v) is 7.03. The Morgan fingerprint density at radius 1 is 1.04 bits per heavy atom. The van der Waals surface area contributed by atoms with Crippen LogP contribution >= 0.6 is 0 Å². The van der Waals surface area contributed by atoms with E-state index in [1.807, 2.05) is 23.0 Å². The first-order valence-corrected chi connectivity index (χ1v) is 8.72. The molecule has 1 spiro atoms. The van der Waals surface area contributed by atoms with Crippen LogP contribution in [0.1, 0.15) is 30.0 Å². The van der Waals surface area contributed by atoms with Gasteiger partial charge in [-0.05, 0) is 43.1 Å². The Hall–Kier alpha value is -2.17. The monoisotopic (exact) mass is 319 g/mol. The van der Waals surface area contributed by atoms with Crippen LogP contribution < -0.4 is 5.32 Å². The summed E-state index contributed by atoms with van der Waals surface area (Å²) in [7, 11) is 0. The summed E-state index contributed by atoms with van der Waals surface area (Å²) in [6.07, 6.45) is 3.40. The van der Waals surface area contributed by atoms with E-state index in [0.29, 0.717) is 0 Å². The molecule has 4 nitrogen and oxygen atoms in total. The summed E-state index contributed by atoms with van der Waals surface area (Å²) in [6, 6.07) is 16.7. The average molecular weight is 319 g/mol. The highest BCUT2D eigenvalue weighted by atomic mass is 16.3. The van der Waals surface area contributed by atoms with Crippen LogP contribution in [-0.2, 0) is 5.41 Å². The SMILES string of the molecule is O[C@H]1[C@H](n2ncc3ccccc32)c2ccccc2C12CCNCC2. The third-order valence-corrected chi connectivity index (χ3v) is 5.95. The lowest BCUT2D eigenvalue weighted by Crippen LogP contribution is -2.47. The number of aliphatic hydroxyl groups excluding tert-OH is 1. The second-order valence-electron chi connectivity index (χ2n) is 7.03. The molecule has 0 unspecified atom stereocenters. The lowest BCUT2D eigenvalue weighted by Gasteiger charge is -2.38. The third-order valence-electron chi connectivity index (χ3n) is 5.95. The molecule has 0 saturated carbocycles. The van der Waals surface area contributed by atoms with Crippen LogP contribution in [0.5, 0.6) is 0 Å². The molecule has 2 aliphatic rings. The van der Waals surface area contributed by atoms with Gasteiger partial charge in [0.25, 0.3) is 0 Å². The maximum Gasteiger partial charge on any atom is 0.105 e. The van der Waals surface area contributed by atoms with Crippen molar-refractivity contribution in [1.29, 1.82) is 0 Å². The maximum atomic E-state index is 11.4. The van der Waals surface area contributed by atoms with Crippen molar-refractivity contribution in [2.75, 3.05) is 13.1 Å². The number of benzene rings is 2. The molecule has 2 N–H and O–H groups in total. The Bertz CT molecular complexity index is 895. The van der Waals surface area contributed by atoms with Crippen molar-refractivity contribution in [3.63, 3.8) is 0 Å². The van der Waals surface area contributed by atoms with E-state index in [4.69, 9.17) is 0 Å². The molecule has 2 atom stereocenters. The van der Waals surface area contributed by atoms with E-state index in [-0.39, 0.29) is 11.5 Å². The molecule has 3 aromatic rings. The minimum absolute atomic E-state index is 0.112. The van der Waals surface area contributed by atoms with Crippen molar-refractivity contribution in [2.24, 2.45) is 0 Å². The van der Waals surface area contributed by atoms with Gasteiger partial charge in [-0.25, -0.2) is 0 Å². The number of rotatable bonds is 1. The summed E-state index contributed by atoms with van der Waals surface area (Å²) in [5.74, 6) is 0. The Kier molecular flexibility index (Phi) is 3.05. The van der Waals surface area contributed by atoms with Gasteiger partial charge in [0, 0.05) is 10.8 Å². The Morgan fingerprint density at radius 3 is 2.67 bits per heavy atom. The maximum absolute atomic E-state index is 11.4.